The Morgan fingerprint density at radius 3 is 2.11 bits per heavy atom. The van der Waals surface area contributed by atoms with E-state index in [1.54, 1.807) is 24.1 Å². The summed E-state index contributed by atoms with van der Waals surface area (Å²) in [5.41, 5.74) is 1.49. The van der Waals surface area contributed by atoms with Crippen LogP contribution in [-0.2, 0) is 16.4 Å². The fourth-order valence-corrected chi connectivity index (χ4v) is 3.71. The third kappa shape index (κ3) is 5.55. The normalized spacial score (nSPS) is 11.2. The molecule has 2 rings (SSSR count). The molecular weight excluding hydrogens is 364 g/mol. The van der Waals surface area contributed by atoms with E-state index >= 15 is 0 Å². The number of carbonyl (C=O) groups excluding carboxylic acids is 1. The molecule has 1 N–H and O–H groups in total. The van der Waals surface area contributed by atoms with Gasteiger partial charge >= 0.3 is 0 Å². The van der Waals surface area contributed by atoms with Crippen LogP contribution in [0.4, 0.5) is 0 Å². The number of hydrogen-bond acceptors (Lipinski definition) is 4. The Labute approximate surface area is 161 Å². The first-order valence-electron chi connectivity index (χ1n) is 8.93. The van der Waals surface area contributed by atoms with E-state index in [1.807, 2.05) is 38.1 Å². The number of hydrogen-bond donors (Lipinski definition) is 1. The van der Waals surface area contributed by atoms with Crippen molar-refractivity contribution in [1.82, 2.24) is 9.62 Å². The van der Waals surface area contributed by atoms with E-state index in [-0.39, 0.29) is 17.3 Å². The number of carbonyl (C=O) groups is 1. The zero-order chi connectivity index (χ0) is 19.9. The van der Waals surface area contributed by atoms with Gasteiger partial charge in [0.2, 0.25) is 10.0 Å². The lowest BCUT2D eigenvalue weighted by atomic mass is 10.1. The molecule has 1 amide bonds. The molecule has 146 valence electrons. The molecule has 6 nitrogen and oxygen atoms in total. The molecule has 0 atom stereocenters. The maximum atomic E-state index is 12.4. The number of methoxy groups -OCH3 is 1. The second-order valence-corrected chi connectivity index (χ2v) is 7.76. The van der Waals surface area contributed by atoms with Crippen molar-refractivity contribution in [2.75, 3.05) is 26.7 Å². The van der Waals surface area contributed by atoms with Crippen molar-refractivity contribution in [3.05, 3.63) is 59.7 Å². The van der Waals surface area contributed by atoms with Crippen molar-refractivity contribution in [1.29, 1.82) is 0 Å². The molecule has 0 saturated carbocycles. The van der Waals surface area contributed by atoms with E-state index in [9.17, 15) is 13.2 Å². The van der Waals surface area contributed by atoms with Crippen LogP contribution in [0.1, 0.15) is 29.8 Å². The van der Waals surface area contributed by atoms with Gasteiger partial charge in [-0.25, -0.2) is 13.1 Å². The lowest BCUT2D eigenvalue weighted by molar-refractivity contribution is 0.0773. The zero-order valence-electron chi connectivity index (χ0n) is 15.9. The summed E-state index contributed by atoms with van der Waals surface area (Å²) in [6, 6.07) is 13.5. The van der Waals surface area contributed by atoms with E-state index in [1.165, 1.54) is 12.1 Å². The predicted molar refractivity (Wildman–Crippen MR) is 106 cm³/mol. The van der Waals surface area contributed by atoms with Crippen LogP contribution in [0, 0.1) is 0 Å². The van der Waals surface area contributed by atoms with Crippen LogP contribution < -0.4 is 9.46 Å². The van der Waals surface area contributed by atoms with Gasteiger partial charge in [0.1, 0.15) is 5.75 Å². The highest BCUT2D eigenvalue weighted by molar-refractivity contribution is 7.89. The average Bonchev–Trinajstić information content (AvgIpc) is 2.69. The van der Waals surface area contributed by atoms with Crippen LogP contribution in [0.2, 0.25) is 0 Å². The molecule has 0 unspecified atom stereocenters. The number of nitrogens with zero attached hydrogens (tertiary/aromatic N) is 1. The monoisotopic (exact) mass is 390 g/mol. The second kappa shape index (κ2) is 9.53. The van der Waals surface area contributed by atoms with Crippen LogP contribution >= 0.6 is 0 Å². The van der Waals surface area contributed by atoms with Gasteiger partial charge in [-0.3, -0.25) is 4.79 Å². The van der Waals surface area contributed by atoms with E-state index in [0.717, 1.165) is 11.3 Å². The van der Waals surface area contributed by atoms with Gasteiger partial charge in [0.25, 0.3) is 5.91 Å². The lowest BCUT2D eigenvalue weighted by Gasteiger charge is -2.18. The van der Waals surface area contributed by atoms with Crippen molar-refractivity contribution in [2.45, 2.75) is 25.2 Å². The first-order chi connectivity index (χ1) is 12.9. The smallest absolute Gasteiger partial charge is 0.253 e. The van der Waals surface area contributed by atoms with Crippen LogP contribution in [-0.4, -0.2) is 46.0 Å². The SMILES string of the molecule is CCN(CC)C(=O)c1ccc(S(=O)(=O)NCCc2ccc(OC)cc2)cc1. The minimum absolute atomic E-state index is 0.101. The number of benzene rings is 2. The molecule has 0 bridgehead atoms. The number of amides is 1. The number of ether oxygens (including phenoxy) is 1. The van der Waals surface area contributed by atoms with Gasteiger partial charge in [-0.1, -0.05) is 12.1 Å². The summed E-state index contributed by atoms with van der Waals surface area (Å²) in [5, 5.41) is 0. The molecule has 0 aliphatic heterocycles. The molecule has 7 heteroatoms. The molecule has 0 heterocycles. The topological polar surface area (TPSA) is 75.7 Å². The Morgan fingerprint density at radius 1 is 1.00 bits per heavy atom. The third-order valence-corrected chi connectivity index (χ3v) is 5.80. The summed E-state index contributed by atoms with van der Waals surface area (Å²) in [6.07, 6.45) is 0.571. The molecule has 0 aromatic heterocycles. The number of nitrogens with one attached hydrogen (secondary N) is 1. The van der Waals surface area contributed by atoms with Gasteiger partial charge in [-0.15, -0.1) is 0 Å². The van der Waals surface area contributed by atoms with Gasteiger partial charge in [0, 0.05) is 25.2 Å². The Hall–Kier alpha value is -2.38. The standard InChI is InChI=1S/C20H26N2O4S/c1-4-22(5-2)20(23)17-8-12-19(13-9-17)27(24,25)21-15-14-16-6-10-18(26-3)11-7-16/h6-13,21H,4-5,14-15H2,1-3H3. The molecule has 0 aliphatic carbocycles. The minimum Gasteiger partial charge on any atom is -0.497 e. The first-order valence-corrected chi connectivity index (χ1v) is 10.4. The van der Waals surface area contributed by atoms with Crippen LogP contribution in [0.3, 0.4) is 0 Å². The highest BCUT2D eigenvalue weighted by Gasteiger charge is 2.16. The average molecular weight is 391 g/mol. The molecule has 2 aromatic carbocycles. The van der Waals surface area contributed by atoms with E-state index < -0.39 is 10.0 Å². The van der Waals surface area contributed by atoms with E-state index in [4.69, 9.17) is 4.74 Å². The van der Waals surface area contributed by atoms with Gasteiger partial charge in [-0.2, -0.15) is 0 Å². The quantitative estimate of drug-likeness (QED) is 0.714. The lowest BCUT2D eigenvalue weighted by Crippen LogP contribution is -2.30. The van der Waals surface area contributed by atoms with Crippen molar-refractivity contribution in [2.24, 2.45) is 0 Å². The summed E-state index contributed by atoms with van der Waals surface area (Å²) in [7, 11) is -2.02. The fraction of sp³-hybridized carbons (Fsp3) is 0.350. The van der Waals surface area contributed by atoms with Gasteiger partial charge < -0.3 is 9.64 Å². The minimum atomic E-state index is -3.62. The van der Waals surface area contributed by atoms with Gasteiger partial charge in [-0.05, 0) is 62.2 Å². The number of sulfonamides is 1. The molecule has 0 radical (unpaired) electrons. The largest absolute Gasteiger partial charge is 0.497 e. The van der Waals surface area contributed by atoms with Gasteiger partial charge in [0.05, 0.1) is 12.0 Å². The molecule has 2 aromatic rings. The highest BCUT2D eigenvalue weighted by Crippen LogP contribution is 2.14. The highest BCUT2D eigenvalue weighted by atomic mass is 32.2. The Kier molecular flexibility index (Phi) is 7.38. The molecule has 0 fully saturated rings. The Balaban J connectivity index is 1.98. The first kappa shape index (κ1) is 20.9. The van der Waals surface area contributed by atoms with Crippen molar-refractivity contribution in [3.63, 3.8) is 0 Å². The molecule has 0 saturated heterocycles. The summed E-state index contributed by atoms with van der Waals surface area (Å²) in [5.74, 6) is 0.662. The Bertz CT molecular complexity index is 843. The Morgan fingerprint density at radius 2 is 1.59 bits per heavy atom. The van der Waals surface area contributed by atoms with Crippen LogP contribution in [0.5, 0.6) is 5.75 Å². The van der Waals surface area contributed by atoms with Gasteiger partial charge in [0.15, 0.2) is 0 Å². The second-order valence-electron chi connectivity index (χ2n) is 6.00. The van der Waals surface area contributed by atoms with E-state index in [0.29, 0.717) is 25.1 Å². The zero-order valence-corrected chi connectivity index (χ0v) is 16.8. The molecule has 0 aliphatic rings. The summed E-state index contributed by atoms with van der Waals surface area (Å²) in [6.45, 7) is 5.33. The van der Waals surface area contributed by atoms with Crippen LogP contribution in [0.25, 0.3) is 0 Å². The maximum Gasteiger partial charge on any atom is 0.253 e. The maximum absolute atomic E-state index is 12.4. The molecule has 27 heavy (non-hydrogen) atoms. The molecular formula is C20H26N2O4S. The van der Waals surface area contributed by atoms with Crippen molar-refractivity contribution in [3.8, 4) is 5.75 Å². The fourth-order valence-electron chi connectivity index (χ4n) is 2.68. The van der Waals surface area contributed by atoms with E-state index in [2.05, 4.69) is 4.72 Å². The van der Waals surface area contributed by atoms with Crippen molar-refractivity contribution < 1.29 is 17.9 Å². The predicted octanol–water partition coefficient (Wildman–Crippen LogP) is 2.70. The summed E-state index contributed by atoms with van der Waals surface area (Å²) in [4.78, 5) is 14.1. The third-order valence-electron chi connectivity index (χ3n) is 4.33. The van der Waals surface area contributed by atoms with Crippen LogP contribution in [0.15, 0.2) is 53.4 Å². The molecule has 0 spiro atoms. The van der Waals surface area contributed by atoms with Crippen molar-refractivity contribution >= 4 is 15.9 Å². The summed E-state index contributed by atoms with van der Waals surface area (Å²) >= 11 is 0. The number of rotatable bonds is 9. The summed E-state index contributed by atoms with van der Waals surface area (Å²) < 4.78 is 32.5.